The number of rotatable bonds is 5. The van der Waals surface area contributed by atoms with E-state index in [0.29, 0.717) is 13.0 Å². The van der Waals surface area contributed by atoms with Crippen molar-refractivity contribution in [1.29, 1.82) is 0 Å². The number of carbonyl (C=O) groups excluding carboxylic acids is 1. The minimum atomic E-state index is 0.0766. The van der Waals surface area contributed by atoms with E-state index < -0.39 is 0 Å². The average molecular weight is 288 g/mol. The van der Waals surface area contributed by atoms with Crippen molar-refractivity contribution in [3.63, 3.8) is 0 Å². The smallest absolute Gasteiger partial charge is 0.224 e. The van der Waals surface area contributed by atoms with Gasteiger partial charge in [-0.2, -0.15) is 0 Å². The molecule has 0 saturated heterocycles. The maximum Gasteiger partial charge on any atom is 0.224 e. The van der Waals surface area contributed by atoms with Gasteiger partial charge in [0.25, 0.3) is 0 Å². The second-order valence-electron chi connectivity index (χ2n) is 5.00. The van der Waals surface area contributed by atoms with Crippen LogP contribution in [-0.4, -0.2) is 17.4 Å². The minimum Gasteiger partial charge on any atom is -0.355 e. The van der Waals surface area contributed by atoms with E-state index in [1.54, 1.807) is 11.3 Å². The number of hydrogen-bond donors (Lipinski definition) is 1. The van der Waals surface area contributed by atoms with Crippen molar-refractivity contribution in [2.75, 3.05) is 6.54 Å². The van der Waals surface area contributed by atoms with Gasteiger partial charge in [0.2, 0.25) is 5.91 Å². The molecule has 0 spiro atoms. The first-order chi connectivity index (χ1) is 9.54. The van der Waals surface area contributed by atoms with Gasteiger partial charge in [0.1, 0.15) is 0 Å². The van der Waals surface area contributed by atoms with E-state index in [2.05, 4.69) is 10.3 Å². The van der Waals surface area contributed by atoms with Crippen LogP contribution in [0, 0.1) is 20.8 Å². The number of nitrogens with zero attached hydrogens (tertiary/aromatic N) is 1. The summed E-state index contributed by atoms with van der Waals surface area (Å²) in [5, 5.41) is 4.06. The molecule has 0 fully saturated rings. The standard InChI is InChI=1S/C16H20N2OS/c1-11-4-6-14(7-5-11)10-16(19)17-9-8-15-12(2)18-13(3)20-15/h4-7H,8-10H2,1-3H3,(H,17,19). The third-order valence-corrected chi connectivity index (χ3v) is 4.29. The Bertz CT molecular complexity index is 587. The molecule has 1 amide bonds. The number of hydrogen-bond acceptors (Lipinski definition) is 3. The Labute approximate surface area is 124 Å². The van der Waals surface area contributed by atoms with Crippen molar-refractivity contribution in [2.45, 2.75) is 33.6 Å². The SMILES string of the molecule is Cc1ccc(CC(=O)NCCc2sc(C)nc2C)cc1. The van der Waals surface area contributed by atoms with Gasteiger partial charge in [-0.05, 0) is 26.3 Å². The second-order valence-corrected chi connectivity index (χ2v) is 6.29. The zero-order valence-electron chi connectivity index (χ0n) is 12.2. The number of carbonyl (C=O) groups is 1. The van der Waals surface area contributed by atoms with Gasteiger partial charge >= 0.3 is 0 Å². The fourth-order valence-corrected chi connectivity index (χ4v) is 3.01. The highest BCUT2D eigenvalue weighted by molar-refractivity contribution is 7.11. The Kier molecular flexibility index (Phi) is 4.90. The van der Waals surface area contributed by atoms with Crippen LogP contribution in [0.15, 0.2) is 24.3 Å². The van der Waals surface area contributed by atoms with Crippen molar-refractivity contribution >= 4 is 17.2 Å². The van der Waals surface area contributed by atoms with Crippen molar-refractivity contribution in [2.24, 2.45) is 0 Å². The van der Waals surface area contributed by atoms with Crippen molar-refractivity contribution in [3.05, 3.63) is 51.0 Å². The van der Waals surface area contributed by atoms with E-state index >= 15 is 0 Å². The summed E-state index contributed by atoms with van der Waals surface area (Å²) in [6.45, 7) is 6.75. The molecular formula is C16H20N2OS. The molecule has 0 saturated carbocycles. The first-order valence-electron chi connectivity index (χ1n) is 6.80. The number of aromatic nitrogens is 1. The van der Waals surface area contributed by atoms with Gasteiger partial charge in [-0.1, -0.05) is 29.8 Å². The Morgan fingerprint density at radius 1 is 1.20 bits per heavy atom. The van der Waals surface area contributed by atoms with Crippen LogP contribution in [0.25, 0.3) is 0 Å². The molecule has 0 aliphatic heterocycles. The molecule has 3 nitrogen and oxygen atoms in total. The highest BCUT2D eigenvalue weighted by Gasteiger charge is 2.06. The quantitative estimate of drug-likeness (QED) is 0.919. The van der Waals surface area contributed by atoms with Crippen LogP contribution >= 0.6 is 11.3 Å². The van der Waals surface area contributed by atoms with Crippen molar-refractivity contribution in [1.82, 2.24) is 10.3 Å². The van der Waals surface area contributed by atoms with Crippen LogP contribution in [0.3, 0.4) is 0 Å². The lowest BCUT2D eigenvalue weighted by Crippen LogP contribution is -2.27. The fourth-order valence-electron chi connectivity index (χ4n) is 2.07. The number of benzene rings is 1. The highest BCUT2D eigenvalue weighted by atomic mass is 32.1. The molecule has 0 bridgehead atoms. The molecule has 106 valence electrons. The van der Waals surface area contributed by atoms with Crippen molar-refractivity contribution in [3.8, 4) is 0 Å². The van der Waals surface area contributed by atoms with E-state index in [9.17, 15) is 4.79 Å². The Morgan fingerprint density at radius 3 is 2.50 bits per heavy atom. The van der Waals surface area contributed by atoms with Crippen LogP contribution < -0.4 is 5.32 Å². The number of aryl methyl sites for hydroxylation is 3. The predicted octanol–water partition coefficient (Wildman–Crippen LogP) is 2.97. The Morgan fingerprint density at radius 2 is 1.90 bits per heavy atom. The normalized spacial score (nSPS) is 10.6. The first kappa shape index (κ1) is 14.7. The number of thiazole rings is 1. The molecule has 2 rings (SSSR count). The van der Waals surface area contributed by atoms with E-state index in [1.807, 2.05) is 45.0 Å². The lowest BCUT2D eigenvalue weighted by atomic mass is 10.1. The molecule has 20 heavy (non-hydrogen) atoms. The average Bonchev–Trinajstić information content (AvgIpc) is 2.71. The molecule has 4 heteroatoms. The molecule has 1 aromatic heterocycles. The summed E-state index contributed by atoms with van der Waals surface area (Å²) in [6.07, 6.45) is 1.30. The maximum absolute atomic E-state index is 11.9. The lowest BCUT2D eigenvalue weighted by molar-refractivity contribution is -0.120. The molecule has 0 aliphatic rings. The van der Waals surface area contributed by atoms with Gasteiger partial charge in [0.05, 0.1) is 17.1 Å². The number of nitrogens with one attached hydrogen (secondary N) is 1. The maximum atomic E-state index is 11.9. The topological polar surface area (TPSA) is 42.0 Å². The summed E-state index contributed by atoms with van der Waals surface area (Å²) in [5.41, 5.74) is 3.35. The van der Waals surface area contributed by atoms with Crippen molar-refractivity contribution < 1.29 is 4.79 Å². The second kappa shape index (κ2) is 6.66. The zero-order valence-corrected chi connectivity index (χ0v) is 13.0. The molecule has 1 aromatic carbocycles. The molecule has 0 radical (unpaired) electrons. The minimum absolute atomic E-state index is 0.0766. The Balaban J connectivity index is 1.78. The summed E-state index contributed by atoms with van der Waals surface area (Å²) in [6, 6.07) is 8.08. The summed E-state index contributed by atoms with van der Waals surface area (Å²) in [4.78, 5) is 17.5. The van der Waals surface area contributed by atoms with Gasteiger partial charge in [0, 0.05) is 17.8 Å². The molecule has 0 aliphatic carbocycles. The third-order valence-electron chi connectivity index (χ3n) is 3.16. The van der Waals surface area contributed by atoms with Crippen LogP contribution in [0.4, 0.5) is 0 Å². The van der Waals surface area contributed by atoms with E-state index in [-0.39, 0.29) is 5.91 Å². The fraction of sp³-hybridized carbons (Fsp3) is 0.375. The highest BCUT2D eigenvalue weighted by Crippen LogP contribution is 2.17. The van der Waals surface area contributed by atoms with Crippen LogP contribution in [0.1, 0.15) is 26.7 Å². The van der Waals surface area contributed by atoms with Gasteiger partial charge in [-0.25, -0.2) is 4.98 Å². The lowest BCUT2D eigenvalue weighted by Gasteiger charge is -2.05. The van der Waals surface area contributed by atoms with Gasteiger partial charge in [0.15, 0.2) is 0 Å². The molecule has 1 heterocycles. The van der Waals surface area contributed by atoms with Gasteiger partial charge < -0.3 is 5.32 Å². The largest absolute Gasteiger partial charge is 0.355 e. The van der Waals surface area contributed by atoms with Crippen LogP contribution in [-0.2, 0) is 17.6 Å². The van der Waals surface area contributed by atoms with Crippen LogP contribution in [0.2, 0.25) is 0 Å². The Hall–Kier alpha value is -1.68. The molecule has 2 aromatic rings. The summed E-state index contributed by atoms with van der Waals surface area (Å²) < 4.78 is 0. The summed E-state index contributed by atoms with van der Waals surface area (Å²) in [5.74, 6) is 0.0766. The first-order valence-corrected chi connectivity index (χ1v) is 7.61. The molecule has 1 N–H and O–H groups in total. The summed E-state index contributed by atoms with van der Waals surface area (Å²) in [7, 11) is 0. The van der Waals surface area contributed by atoms with Gasteiger partial charge in [-0.3, -0.25) is 4.79 Å². The van der Waals surface area contributed by atoms with Gasteiger partial charge in [-0.15, -0.1) is 11.3 Å². The number of amides is 1. The molecule has 0 unspecified atom stereocenters. The molecular weight excluding hydrogens is 268 g/mol. The van der Waals surface area contributed by atoms with E-state index in [4.69, 9.17) is 0 Å². The summed E-state index contributed by atoms with van der Waals surface area (Å²) >= 11 is 1.71. The van der Waals surface area contributed by atoms with E-state index in [0.717, 1.165) is 22.7 Å². The van der Waals surface area contributed by atoms with Crippen LogP contribution in [0.5, 0.6) is 0 Å². The van der Waals surface area contributed by atoms with E-state index in [1.165, 1.54) is 10.4 Å². The third kappa shape index (κ3) is 4.17. The molecule has 0 atom stereocenters. The zero-order chi connectivity index (χ0) is 14.5. The predicted molar refractivity (Wildman–Crippen MR) is 83.2 cm³/mol. The monoisotopic (exact) mass is 288 g/mol.